The Morgan fingerprint density at radius 3 is 3.07 bits per heavy atom. The van der Waals surface area contributed by atoms with Gasteiger partial charge in [0.1, 0.15) is 5.65 Å². The summed E-state index contributed by atoms with van der Waals surface area (Å²) in [6.45, 7) is 1.13. The Labute approximate surface area is 154 Å². The van der Waals surface area contributed by atoms with Gasteiger partial charge in [-0.15, -0.1) is 0 Å². The van der Waals surface area contributed by atoms with Gasteiger partial charge in [0.05, 0.1) is 19.3 Å². The molecule has 4 N–H and O–H groups in total. The molecule has 3 heterocycles. The summed E-state index contributed by atoms with van der Waals surface area (Å²) in [5.74, 6) is -1.64. The lowest BCUT2D eigenvalue weighted by molar-refractivity contribution is -0.139. The second-order valence-corrected chi connectivity index (χ2v) is 5.73. The number of ketones is 1. The van der Waals surface area contributed by atoms with Crippen LogP contribution in [0.3, 0.4) is 0 Å². The number of carbonyl (C=O) groups excluding carboxylic acids is 2. The lowest BCUT2D eigenvalue weighted by Crippen LogP contribution is -2.30. The van der Waals surface area contributed by atoms with Crippen molar-refractivity contribution in [1.29, 1.82) is 0 Å². The molecule has 0 saturated heterocycles. The van der Waals surface area contributed by atoms with E-state index in [1.807, 2.05) is 6.07 Å². The molecule has 1 aliphatic rings. The van der Waals surface area contributed by atoms with Gasteiger partial charge in [0.15, 0.2) is 11.3 Å². The molecule has 1 unspecified atom stereocenters. The second kappa shape index (κ2) is 8.02. The van der Waals surface area contributed by atoms with Crippen molar-refractivity contribution in [1.82, 2.24) is 15.3 Å². The number of aromatic nitrogens is 2. The summed E-state index contributed by atoms with van der Waals surface area (Å²) in [5.41, 5.74) is 1.03. The van der Waals surface area contributed by atoms with Gasteiger partial charge >= 0.3 is 5.97 Å². The van der Waals surface area contributed by atoms with E-state index in [9.17, 15) is 14.7 Å². The summed E-state index contributed by atoms with van der Waals surface area (Å²) in [5, 5.41) is 21.9. The van der Waals surface area contributed by atoms with E-state index >= 15 is 0 Å². The van der Waals surface area contributed by atoms with Crippen LogP contribution in [0.2, 0.25) is 0 Å². The van der Waals surface area contributed by atoms with Gasteiger partial charge in [-0.2, -0.15) is 0 Å². The Kier molecular flexibility index (Phi) is 5.53. The van der Waals surface area contributed by atoms with Crippen molar-refractivity contribution in [2.24, 2.45) is 0 Å². The number of fused-ring (bicyclic) bond motifs is 1. The third kappa shape index (κ3) is 3.83. The molecule has 2 aromatic heterocycles. The maximum absolute atomic E-state index is 12.7. The number of hydrogen-bond donors (Lipinski definition) is 4. The number of aliphatic hydroxyl groups is 2. The monoisotopic (exact) mass is 373 g/mol. The molecule has 27 heavy (non-hydrogen) atoms. The Bertz CT molecular complexity index is 930. The predicted molar refractivity (Wildman–Crippen MR) is 94.9 cm³/mol. The van der Waals surface area contributed by atoms with Crippen LogP contribution in [0.15, 0.2) is 41.7 Å². The number of aliphatic hydroxyl groups excluding tert-OH is 2. The molecule has 0 fully saturated rings. The molecular formula is C18H19N3O6. The van der Waals surface area contributed by atoms with Crippen molar-refractivity contribution in [3.05, 3.63) is 47.3 Å². The Morgan fingerprint density at radius 2 is 2.33 bits per heavy atom. The van der Waals surface area contributed by atoms with Crippen molar-refractivity contribution < 1.29 is 29.3 Å². The number of hydrogen-bond acceptors (Lipinski definition) is 8. The Balaban J connectivity index is 1.91. The number of allylic oxidation sites excluding steroid dienone is 1. The lowest BCUT2D eigenvalue weighted by atomic mass is 10.1. The number of H-pyrrole nitrogens is 1. The molecule has 0 aromatic carbocycles. The maximum Gasteiger partial charge on any atom is 0.347 e. The largest absolute Gasteiger partial charge is 0.462 e. The van der Waals surface area contributed by atoms with Gasteiger partial charge in [0, 0.05) is 29.9 Å². The van der Waals surface area contributed by atoms with E-state index in [2.05, 4.69) is 15.3 Å². The normalized spacial score (nSPS) is 16.7. The summed E-state index contributed by atoms with van der Waals surface area (Å²) < 4.78 is 10.4. The van der Waals surface area contributed by atoms with Gasteiger partial charge in [-0.25, -0.2) is 9.78 Å². The summed E-state index contributed by atoms with van der Waals surface area (Å²) in [6.07, 6.45) is 3.74. The van der Waals surface area contributed by atoms with E-state index in [1.54, 1.807) is 25.4 Å². The third-order valence-corrected chi connectivity index (χ3v) is 3.85. The first-order valence-electron chi connectivity index (χ1n) is 8.35. The molecule has 0 bridgehead atoms. The fourth-order valence-corrected chi connectivity index (χ4v) is 2.55. The van der Waals surface area contributed by atoms with Crippen molar-refractivity contribution in [3.63, 3.8) is 0 Å². The van der Waals surface area contributed by atoms with E-state index in [4.69, 9.17) is 14.6 Å². The number of nitrogens with zero attached hydrogens (tertiary/aromatic N) is 1. The fraction of sp³-hybridized carbons (Fsp3) is 0.278. The molecule has 142 valence electrons. The predicted octanol–water partition coefficient (Wildman–Crippen LogP) is 0.221. The zero-order chi connectivity index (χ0) is 19.4. The number of nitrogens with one attached hydrogen (secondary N) is 2. The molecule has 0 aliphatic carbocycles. The van der Waals surface area contributed by atoms with Gasteiger partial charge in [-0.1, -0.05) is 0 Å². The molecule has 0 spiro atoms. The van der Waals surface area contributed by atoms with Crippen molar-refractivity contribution in [2.75, 3.05) is 19.8 Å². The van der Waals surface area contributed by atoms with E-state index < -0.39 is 24.5 Å². The molecule has 0 amide bonds. The van der Waals surface area contributed by atoms with Crippen LogP contribution in [-0.2, 0) is 19.1 Å². The number of Topliss-reactive ketones (excluding diaryl/α,β-unsaturated/α-hetero) is 1. The van der Waals surface area contributed by atoms with Crippen LogP contribution in [0.1, 0.15) is 12.5 Å². The zero-order valence-corrected chi connectivity index (χ0v) is 14.6. The highest BCUT2D eigenvalue weighted by molar-refractivity contribution is 6.26. The molecule has 2 aromatic rings. The SMILES string of the molecule is CCOC(=O)C1=C(NCC(O)CO)OC(=Cc2c[nH]c3ncccc23)C1=O. The first-order chi connectivity index (χ1) is 13.0. The minimum absolute atomic E-state index is 0.0659. The smallest absolute Gasteiger partial charge is 0.347 e. The molecule has 1 atom stereocenters. The second-order valence-electron chi connectivity index (χ2n) is 5.73. The van der Waals surface area contributed by atoms with Gasteiger partial charge in [0.2, 0.25) is 11.7 Å². The van der Waals surface area contributed by atoms with Crippen molar-refractivity contribution in [2.45, 2.75) is 13.0 Å². The highest BCUT2D eigenvalue weighted by Gasteiger charge is 2.37. The van der Waals surface area contributed by atoms with Crippen LogP contribution in [-0.4, -0.2) is 57.8 Å². The van der Waals surface area contributed by atoms with Crippen LogP contribution in [0, 0.1) is 0 Å². The molecule has 0 saturated carbocycles. The minimum atomic E-state index is -1.08. The summed E-state index contributed by atoms with van der Waals surface area (Å²) in [4.78, 5) is 32.0. The zero-order valence-electron chi connectivity index (χ0n) is 14.6. The van der Waals surface area contributed by atoms with E-state index in [0.29, 0.717) is 11.2 Å². The quantitative estimate of drug-likeness (QED) is 0.308. The first kappa shape index (κ1) is 18.6. The number of rotatable bonds is 7. The Hall–Kier alpha value is -3.17. The minimum Gasteiger partial charge on any atom is -0.462 e. The average molecular weight is 373 g/mol. The van der Waals surface area contributed by atoms with Crippen LogP contribution >= 0.6 is 0 Å². The van der Waals surface area contributed by atoms with E-state index in [1.165, 1.54) is 6.08 Å². The average Bonchev–Trinajstić information content (AvgIpc) is 3.21. The summed E-state index contributed by atoms with van der Waals surface area (Å²) in [7, 11) is 0. The van der Waals surface area contributed by atoms with Gasteiger partial charge in [-0.3, -0.25) is 4.79 Å². The molecule has 9 heteroatoms. The molecule has 9 nitrogen and oxygen atoms in total. The van der Waals surface area contributed by atoms with Gasteiger partial charge in [-0.05, 0) is 25.1 Å². The Morgan fingerprint density at radius 1 is 1.52 bits per heavy atom. The highest BCUT2D eigenvalue weighted by atomic mass is 16.5. The van der Waals surface area contributed by atoms with Gasteiger partial charge in [0.25, 0.3) is 0 Å². The summed E-state index contributed by atoms with van der Waals surface area (Å²) >= 11 is 0. The number of ether oxygens (including phenoxy) is 2. The third-order valence-electron chi connectivity index (χ3n) is 3.85. The fourth-order valence-electron chi connectivity index (χ4n) is 2.55. The highest BCUT2D eigenvalue weighted by Crippen LogP contribution is 2.28. The number of aromatic amines is 1. The first-order valence-corrected chi connectivity index (χ1v) is 8.35. The van der Waals surface area contributed by atoms with Crippen LogP contribution in [0.25, 0.3) is 17.1 Å². The summed E-state index contributed by atoms with van der Waals surface area (Å²) in [6, 6.07) is 3.60. The van der Waals surface area contributed by atoms with Crippen LogP contribution < -0.4 is 5.32 Å². The molecule has 1 aliphatic heterocycles. The number of esters is 1. The number of pyridine rings is 1. The molecular weight excluding hydrogens is 354 g/mol. The standard InChI is InChI=1S/C18H19N3O6/c1-2-26-18(25)14-15(24)13(27-17(14)21-8-11(23)9-22)6-10-7-20-16-12(10)4-3-5-19-16/h3-7,11,21-23H,2,8-9H2,1H3,(H,19,20). The van der Waals surface area contributed by atoms with Crippen molar-refractivity contribution >= 4 is 28.9 Å². The van der Waals surface area contributed by atoms with E-state index in [0.717, 1.165) is 5.39 Å². The lowest BCUT2D eigenvalue weighted by Gasteiger charge is -2.11. The van der Waals surface area contributed by atoms with Crippen LogP contribution in [0.4, 0.5) is 0 Å². The van der Waals surface area contributed by atoms with E-state index in [-0.39, 0.29) is 30.4 Å². The topological polar surface area (TPSA) is 134 Å². The molecule has 0 radical (unpaired) electrons. The molecule has 3 rings (SSSR count). The van der Waals surface area contributed by atoms with Gasteiger partial charge < -0.3 is 30.0 Å². The van der Waals surface area contributed by atoms with Crippen molar-refractivity contribution in [3.8, 4) is 0 Å². The number of carbonyl (C=O) groups is 2. The van der Waals surface area contributed by atoms with Crippen LogP contribution in [0.5, 0.6) is 0 Å². The maximum atomic E-state index is 12.7.